The minimum absolute atomic E-state index is 0.00393. The molecular weight excluding hydrogens is 382 g/mol. The Balaban J connectivity index is 1.65. The van der Waals surface area contributed by atoms with Crippen LogP contribution in [0.1, 0.15) is 38.9 Å². The van der Waals surface area contributed by atoms with Crippen molar-refractivity contribution in [3.63, 3.8) is 0 Å². The van der Waals surface area contributed by atoms with Gasteiger partial charge in [-0.1, -0.05) is 6.07 Å². The van der Waals surface area contributed by atoms with Gasteiger partial charge in [0.25, 0.3) is 11.5 Å². The highest BCUT2D eigenvalue weighted by atomic mass is 16.5. The van der Waals surface area contributed by atoms with Crippen LogP contribution in [0.3, 0.4) is 0 Å². The van der Waals surface area contributed by atoms with Crippen LogP contribution < -0.4 is 16.6 Å². The molecular formula is C19H21N3O7. The standard InChI is InChI=1S/C19H21N3O7/c1-10-9-22(19(27)21-16(10)24)15-7-13(23)14(29-15)8-20-17(25)11-4-3-5-12(6-11)18(26)28-2/h3-6,9,13-15,23H,7-8H2,1-2H3,(H,20,25)(H,21,24,27)/t13-,14+,15+/m0/s1. The zero-order valence-electron chi connectivity index (χ0n) is 15.9. The minimum Gasteiger partial charge on any atom is -0.465 e. The Morgan fingerprint density at radius 2 is 2.07 bits per heavy atom. The van der Waals surface area contributed by atoms with E-state index >= 15 is 0 Å². The molecule has 1 aromatic heterocycles. The van der Waals surface area contributed by atoms with Crippen molar-refractivity contribution in [2.45, 2.75) is 31.8 Å². The molecule has 1 aliphatic rings. The van der Waals surface area contributed by atoms with Crippen LogP contribution in [-0.4, -0.2) is 52.4 Å². The summed E-state index contributed by atoms with van der Waals surface area (Å²) in [4.78, 5) is 49.6. The molecule has 1 fully saturated rings. The number of nitrogens with one attached hydrogen (secondary N) is 2. The van der Waals surface area contributed by atoms with Gasteiger partial charge in [0, 0.05) is 30.3 Å². The highest BCUT2D eigenvalue weighted by molar-refractivity contribution is 5.97. The van der Waals surface area contributed by atoms with Gasteiger partial charge >= 0.3 is 11.7 Å². The van der Waals surface area contributed by atoms with Crippen molar-refractivity contribution in [1.29, 1.82) is 0 Å². The Labute approximate surface area is 165 Å². The maximum atomic E-state index is 12.4. The number of aliphatic hydroxyl groups is 1. The molecule has 0 saturated carbocycles. The Bertz CT molecular complexity index is 1040. The predicted molar refractivity (Wildman–Crippen MR) is 101 cm³/mol. The van der Waals surface area contributed by atoms with Gasteiger partial charge < -0.3 is 19.9 Å². The van der Waals surface area contributed by atoms with E-state index in [1.165, 1.54) is 30.0 Å². The van der Waals surface area contributed by atoms with Crippen LogP contribution >= 0.6 is 0 Å². The third-order valence-corrected chi connectivity index (χ3v) is 4.67. The van der Waals surface area contributed by atoms with Crippen molar-refractivity contribution >= 4 is 11.9 Å². The number of methoxy groups -OCH3 is 1. The first-order valence-electron chi connectivity index (χ1n) is 8.92. The van der Waals surface area contributed by atoms with Gasteiger partial charge in [0.05, 0.1) is 18.8 Å². The summed E-state index contributed by atoms with van der Waals surface area (Å²) < 4.78 is 11.5. The monoisotopic (exact) mass is 403 g/mol. The van der Waals surface area contributed by atoms with Crippen LogP contribution in [0.25, 0.3) is 0 Å². The van der Waals surface area contributed by atoms with E-state index in [0.29, 0.717) is 5.56 Å². The Hall–Kier alpha value is -3.24. The molecule has 1 aromatic carbocycles. The van der Waals surface area contributed by atoms with Gasteiger partial charge in [-0.05, 0) is 25.1 Å². The SMILES string of the molecule is COC(=O)c1cccc(C(=O)NC[C@H]2O[C@@H](n3cc(C)c(=O)[nH]c3=O)C[C@@H]2O)c1. The maximum Gasteiger partial charge on any atom is 0.337 e. The van der Waals surface area contributed by atoms with Crippen LogP contribution in [0.5, 0.6) is 0 Å². The third-order valence-electron chi connectivity index (χ3n) is 4.67. The summed E-state index contributed by atoms with van der Waals surface area (Å²) >= 11 is 0. The molecule has 29 heavy (non-hydrogen) atoms. The van der Waals surface area contributed by atoms with E-state index in [1.54, 1.807) is 19.1 Å². The Morgan fingerprint density at radius 1 is 1.34 bits per heavy atom. The number of carbonyl (C=O) groups is 2. The molecule has 2 aromatic rings. The molecule has 1 saturated heterocycles. The van der Waals surface area contributed by atoms with E-state index in [-0.39, 0.29) is 24.1 Å². The lowest BCUT2D eigenvalue weighted by atomic mass is 10.1. The van der Waals surface area contributed by atoms with Gasteiger partial charge in [0.1, 0.15) is 12.3 Å². The molecule has 10 nitrogen and oxygen atoms in total. The van der Waals surface area contributed by atoms with E-state index in [2.05, 4.69) is 15.0 Å². The second kappa shape index (κ2) is 8.41. The quantitative estimate of drug-likeness (QED) is 0.583. The van der Waals surface area contributed by atoms with E-state index in [1.807, 2.05) is 0 Å². The molecule has 3 rings (SSSR count). The van der Waals surface area contributed by atoms with Gasteiger partial charge in [-0.2, -0.15) is 0 Å². The van der Waals surface area contributed by atoms with E-state index in [0.717, 1.165) is 0 Å². The fourth-order valence-corrected chi connectivity index (χ4v) is 3.07. The normalized spacial score (nSPS) is 21.0. The lowest BCUT2D eigenvalue weighted by Gasteiger charge is -2.17. The molecule has 0 bridgehead atoms. The van der Waals surface area contributed by atoms with E-state index in [4.69, 9.17) is 4.74 Å². The average molecular weight is 403 g/mol. The van der Waals surface area contributed by atoms with Gasteiger partial charge in [0.2, 0.25) is 0 Å². The molecule has 0 radical (unpaired) electrons. The van der Waals surface area contributed by atoms with Crippen molar-refractivity contribution in [3.8, 4) is 0 Å². The number of ether oxygens (including phenoxy) is 2. The predicted octanol–water partition coefficient (Wildman–Crippen LogP) is -0.290. The number of carbonyl (C=O) groups excluding carboxylic acids is 2. The van der Waals surface area contributed by atoms with Crippen LogP contribution in [-0.2, 0) is 9.47 Å². The molecule has 0 spiro atoms. The molecule has 1 aliphatic heterocycles. The second-order valence-electron chi connectivity index (χ2n) is 6.69. The number of hydrogen-bond donors (Lipinski definition) is 3. The molecule has 10 heteroatoms. The third kappa shape index (κ3) is 4.44. The molecule has 154 valence electrons. The van der Waals surface area contributed by atoms with Crippen molar-refractivity contribution in [2.75, 3.05) is 13.7 Å². The fraction of sp³-hybridized carbons (Fsp3) is 0.368. The van der Waals surface area contributed by atoms with Gasteiger partial charge in [0.15, 0.2) is 0 Å². The summed E-state index contributed by atoms with van der Waals surface area (Å²) in [6.45, 7) is 1.55. The number of aryl methyl sites for hydroxylation is 1. The molecule has 3 atom stereocenters. The van der Waals surface area contributed by atoms with E-state index < -0.39 is 41.6 Å². The van der Waals surface area contributed by atoms with Gasteiger partial charge in [-0.3, -0.25) is 19.1 Å². The summed E-state index contributed by atoms with van der Waals surface area (Å²) in [5, 5.41) is 12.9. The van der Waals surface area contributed by atoms with Gasteiger partial charge in [-0.25, -0.2) is 9.59 Å². The maximum absolute atomic E-state index is 12.4. The van der Waals surface area contributed by atoms with Crippen LogP contribution in [0.2, 0.25) is 0 Å². The highest BCUT2D eigenvalue weighted by Crippen LogP contribution is 2.27. The number of esters is 1. The molecule has 0 unspecified atom stereocenters. The number of aromatic nitrogens is 2. The molecule has 3 N–H and O–H groups in total. The number of benzene rings is 1. The first-order valence-corrected chi connectivity index (χ1v) is 8.92. The number of H-pyrrole nitrogens is 1. The van der Waals surface area contributed by atoms with Gasteiger partial charge in [-0.15, -0.1) is 0 Å². The van der Waals surface area contributed by atoms with Crippen LogP contribution in [0, 0.1) is 6.92 Å². The summed E-state index contributed by atoms with van der Waals surface area (Å²) in [6.07, 6.45) is -0.924. The first kappa shape index (κ1) is 20.5. The number of hydrogen-bond acceptors (Lipinski definition) is 7. The molecule has 0 aliphatic carbocycles. The average Bonchev–Trinajstić information content (AvgIpc) is 3.08. The molecule has 1 amide bonds. The fourth-order valence-electron chi connectivity index (χ4n) is 3.07. The lowest BCUT2D eigenvalue weighted by Crippen LogP contribution is -2.37. The Morgan fingerprint density at radius 3 is 2.79 bits per heavy atom. The zero-order chi connectivity index (χ0) is 21.1. The van der Waals surface area contributed by atoms with Crippen molar-refractivity contribution in [2.24, 2.45) is 0 Å². The van der Waals surface area contributed by atoms with Crippen molar-refractivity contribution in [1.82, 2.24) is 14.9 Å². The lowest BCUT2D eigenvalue weighted by molar-refractivity contribution is -0.0187. The number of nitrogens with zero attached hydrogens (tertiary/aromatic N) is 1. The second-order valence-corrected chi connectivity index (χ2v) is 6.69. The first-order chi connectivity index (χ1) is 13.8. The van der Waals surface area contributed by atoms with Crippen LogP contribution in [0.4, 0.5) is 0 Å². The zero-order valence-corrected chi connectivity index (χ0v) is 15.9. The van der Waals surface area contributed by atoms with Crippen LogP contribution in [0.15, 0.2) is 40.1 Å². The van der Waals surface area contributed by atoms with Crippen molar-refractivity contribution < 1.29 is 24.2 Å². The highest BCUT2D eigenvalue weighted by Gasteiger charge is 2.35. The van der Waals surface area contributed by atoms with Crippen molar-refractivity contribution in [3.05, 3.63) is 68.0 Å². The summed E-state index contributed by atoms with van der Waals surface area (Å²) in [6, 6.07) is 6.03. The number of rotatable bonds is 5. The summed E-state index contributed by atoms with van der Waals surface area (Å²) in [7, 11) is 1.25. The largest absolute Gasteiger partial charge is 0.465 e. The topological polar surface area (TPSA) is 140 Å². The summed E-state index contributed by atoms with van der Waals surface area (Å²) in [5.74, 6) is -1.01. The Kier molecular flexibility index (Phi) is 5.95. The minimum atomic E-state index is -0.916. The number of aromatic amines is 1. The number of aliphatic hydroxyl groups excluding tert-OH is 1. The molecule has 2 heterocycles. The smallest absolute Gasteiger partial charge is 0.337 e. The van der Waals surface area contributed by atoms with E-state index in [9.17, 15) is 24.3 Å². The number of amides is 1. The summed E-state index contributed by atoms with van der Waals surface area (Å²) in [5.41, 5.74) is -0.288.